The highest BCUT2D eigenvalue weighted by Gasteiger charge is 2.05. The van der Waals surface area contributed by atoms with Crippen LogP contribution in [-0.4, -0.2) is 0 Å². The van der Waals surface area contributed by atoms with Crippen LogP contribution < -0.4 is 5.32 Å². The van der Waals surface area contributed by atoms with Gasteiger partial charge in [-0.3, -0.25) is 0 Å². The molecule has 0 aliphatic carbocycles. The van der Waals surface area contributed by atoms with E-state index in [1.165, 1.54) is 10.4 Å². The summed E-state index contributed by atoms with van der Waals surface area (Å²) < 4.78 is 0. The Bertz CT molecular complexity index is 479. The zero-order valence-electron chi connectivity index (χ0n) is 10.0. The summed E-state index contributed by atoms with van der Waals surface area (Å²) in [6.07, 6.45) is 0. The maximum Gasteiger partial charge on any atom is 0.0438 e. The van der Waals surface area contributed by atoms with Gasteiger partial charge in [0.25, 0.3) is 0 Å². The van der Waals surface area contributed by atoms with Gasteiger partial charge >= 0.3 is 0 Å². The molecule has 17 heavy (non-hydrogen) atoms. The van der Waals surface area contributed by atoms with Crippen LogP contribution in [0.2, 0.25) is 5.02 Å². The lowest BCUT2D eigenvalue weighted by Crippen LogP contribution is -2.17. The second-order valence-corrected chi connectivity index (χ2v) is 5.59. The maximum absolute atomic E-state index is 6.10. The number of halogens is 1. The lowest BCUT2D eigenvalue weighted by molar-refractivity contribution is 0.583. The SMILES string of the molecule is Cc1ccc(CN[C@H](C)c2cccs2)cc1Cl. The zero-order chi connectivity index (χ0) is 12.3. The first kappa shape index (κ1) is 12.6. The minimum absolute atomic E-state index is 0.384. The molecule has 0 fully saturated rings. The molecule has 0 spiro atoms. The molecule has 1 atom stereocenters. The molecule has 0 aliphatic heterocycles. The number of thiophene rings is 1. The van der Waals surface area contributed by atoms with Gasteiger partial charge in [0, 0.05) is 22.5 Å². The second kappa shape index (κ2) is 5.67. The van der Waals surface area contributed by atoms with Crippen molar-refractivity contribution in [1.29, 1.82) is 0 Å². The van der Waals surface area contributed by atoms with Crippen LogP contribution in [-0.2, 0) is 6.54 Å². The van der Waals surface area contributed by atoms with E-state index in [1.54, 1.807) is 11.3 Å². The van der Waals surface area contributed by atoms with Gasteiger partial charge in [-0.1, -0.05) is 29.8 Å². The summed E-state index contributed by atoms with van der Waals surface area (Å²) in [5.41, 5.74) is 2.35. The quantitative estimate of drug-likeness (QED) is 0.855. The van der Waals surface area contributed by atoms with Crippen molar-refractivity contribution in [1.82, 2.24) is 5.32 Å². The number of nitrogens with one attached hydrogen (secondary N) is 1. The molecule has 0 amide bonds. The van der Waals surface area contributed by atoms with Crippen LogP contribution in [0.3, 0.4) is 0 Å². The molecule has 0 aliphatic rings. The molecule has 3 heteroatoms. The number of rotatable bonds is 4. The van der Waals surface area contributed by atoms with Crippen LogP contribution in [0, 0.1) is 6.92 Å². The van der Waals surface area contributed by atoms with Gasteiger partial charge in [-0.05, 0) is 42.5 Å². The molecule has 2 rings (SSSR count). The van der Waals surface area contributed by atoms with E-state index < -0.39 is 0 Å². The fraction of sp³-hybridized carbons (Fsp3) is 0.286. The first-order valence-corrected chi connectivity index (χ1v) is 6.94. The van der Waals surface area contributed by atoms with E-state index in [9.17, 15) is 0 Å². The van der Waals surface area contributed by atoms with Crippen molar-refractivity contribution in [2.45, 2.75) is 26.4 Å². The van der Waals surface area contributed by atoms with E-state index in [0.717, 1.165) is 17.1 Å². The van der Waals surface area contributed by atoms with Gasteiger partial charge in [0.05, 0.1) is 0 Å². The second-order valence-electron chi connectivity index (χ2n) is 4.20. The lowest BCUT2D eigenvalue weighted by atomic mass is 10.1. The Morgan fingerprint density at radius 2 is 2.18 bits per heavy atom. The van der Waals surface area contributed by atoms with Crippen LogP contribution in [0.4, 0.5) is 0 Å². The number of hydrogen-bond acceptors (Lipinski definition) is 2. The van der Waals surface area contributed by atoms with E-state index in [4.69, 9.17) is 11.6 Å². The number of hydrogen-bond donors (Lipinski definition) is 1. The van der Waals surface area contributed by atoms with Crippen LogP contribution in [0.1, 0.15) is 29.0 Å². The van der Waals surface area contributed by atoms with E-state index in [0.29, 0.717) is 6.04 Å². The predicted molar refractivity (Wildman–Crippen MR) is 75.8 cm³/mol. The normalized spacial score (nSPS) is 12.6. The molecule has 1 aromatic carbocycles. The number of benzene rings is 1. The molecule has 90 valence electrons. The van der Waals surface area contributed by atoms with Gasteiger partial charge in [-0.2, -0.15) is 0 Å². The number of aryl methyl sites for hydroxylation is 1. The third-order valence-corrected chi connectivity index (χ3v) is 4.28. The Hall–Kier alpha value is -0.830. The van der Waals surface area contributed by atoms with Crippen LogP contribution in [0.15, 0.2) is 35.7 Å². The Morgan fingerprint density at radius 3 is 2.82 bits per heavy atom. The summed E-state index contributed by atoms with van der Waals surface area (Å²) in [6, 6.07) is 10.8. The average Bonchev–Trinajstić information content (AvgIpc) is 2.84. The van der Waals surface area contributed by atoms with Gasteiger partial charge in [-0.25, -0.2) is 0 Å². The summed E-state index contributed by atoms with van der Waals surface area (Å²) in [5, 5.41) is 6.45. The molecule has 1 aromatic heterocycles. The molecule has 0 radical (unpaired) electrons. The van der Waals surface area contributed by atoms with Gasteiger partial charge < -0.3 is 5.32 Å². The van der Waals surface area contributed by atoms with Crippen LogP contribution in [0.5, 0.6) is 0 Å². The van der Waals surface area contributed by atoms with Crippen LogP contribution in [0.25, 0.3) is 0 Å². The topological polar surface area (TPSA) is 12.0 Å². The summed E-state index contributed by atoms with van der Waals surface area (Å²) >= 11 is 7.89. The smallest absolute Gasteiger partial charge is 0.0438 e. The van der Waals surface area contributed by atoms with Gasteiger partial charge in [-0.15, -0.1) is 11.3 Å². The average molecular weight is 266 g/mol. The van der Waals surface area contributed by atoms with Crippen LogP contribution >= 0.6 is 22.9 Å². The standard InChI is InChI=1S/C14H16ClNS/c1-10-5-6-12(8-13(10)15)9-16-11(2)14-4-3-7-17-14/h3-8,11,16H,9H2,1-2H3/t11-/m1/s1. The third kappa shape index (κ3) is 3.32. The maximum atomic E-state index is 6.10. The van der Waals surface area contributed by atoms with Gasteiger partial charge in [0.15, 0.2) is 0 Å². The summed E-state index contributed by atoms with van der Waals surface area (Å²) in [6.45, 7) is 5.05. The molecule has 0 bridgehead atoms. The Morgan fingerprint density at radius 1 is 1.35 bits per heavy atom. The Balaban J connectivity index is 1.96. The Kier molecular flexibility index (Phi) is 4.21. The Labute approximate surface area is 111 Å². The highest BCUT2D eigenvalue weighted by molar-refractivity contribution is 7.10. The lowest BCUT2D eigenvalue weighted by Gasteiger charge is -2.12. The largest absolute Gasteiger partial charge is 0.305 e. The van der Waals surface area contributed by atoms with Crippen molar-refractivity contribution in [2.75, 3.05) is 0 Å². The molecular formula is C14H16ClNS. The molecule has 1 heterocycles. The van der Waals surface area contributed by atoms with E-state index in [-0.39, 0.29) is 0 Å². The highest BCUT2D eigenvalue weighted by atomic mass is 35.5. The molecule has 0 saturated carbocycles. The molecule has 1 N–H and O–H groups in total. The fourth-order valence-corrected chi connectivity index (χ4v) is 2.62. The summed E-state index contributed by atoms with van der Waals surface area (Å²) in [7, 11) is 0. The van der Waals surface area contributed by atoms with Gasteiger partial charge in [0.2, 0.25) is 0 Å². The van der Waals surface area contributed by atoms with Crippen molar-refractivity contribution >= 4 is 22.9 Å². The predicted octanol–water partition coefficient (Wildman–Crippen LogP) is 4.56. The zero-order valence-corrected chi connectivity index (χ0v) is 11.6. The minimum atomic E-state index is 0.384. The molecular weight excluding hydrogens is 250 g/mol. The van der Waals surface area contributed by atoms with Crippen molar-refractivity contribution in [3.63, 3.8) is 0 Å². The van der Waals surface area contributed by atoms with E-state index in [2.05, 4.69) is 41.9 Å². The highest BCUT2D eigenvalue weighted by Crippen LogP contribution is 2.20. The first-order valence-electron chi connectivity index (χ1n) is 5.68. The third-order valence-electron chi connectivity index (χ3n) is 2.82. The first-order chi connectivity index (χ1) is 8.16. The summed E-state index contributed by atoms with van der Waals surface area (Å²) in [5.74, 6) is 0. The van der Waals surface area contributed by atoms with E-state index in [1.807, 2.05) is 13.0 Å². The molecule has 0 unspecified atom stereocenters. The summed E-state index contributed by atoms with van der Waals surface area (Å²) in [4.78, 5) is 1.36. The van der Waals surface area contributed by atoms with Gasteiger partial charge in [0.1, 0.15) is 0 Å². The molecule has 1 nitrogen and oxygen atoms in total. The van der Waals surface area contributed by atoms with E-state index >= 15 is 0 Å². The minimum Gasteiger partial charge on any atom is -0.305 e. The fourth-order valence-electron chi connectivity index (χ4n) is 1.66. The van der Waals surface area contributed by atoms with Crippen molar-refractivity contribution in [3.8, 4) is 0 Å². The molecule has 0 saturated heterocycles. The van der Waals surface area contributed by atoms with Crippen molar-refractivity contribution in [3.05, 3.63) is 56.7 Å². The van der Waals surface area contributed by atoms with Crippen molar-refractivity contribution in [2.24, 2.45) is 0 Å². The monoisotopic (exact) mass is 265 g/mol. The van der Waals surface area contributed by atoms with Crippen molar-refractivity contribution < 1.29 is 0 Å². The molecule has 2 aromatic rings.